The molecular formula is C28H42O. The van der Waals surface area contributed by atoms with Crippen molar-refractivity contribution in [2.75, 3.05) is 0 Å². The van der Waals surface area contributed by atoms with Crippen molar-refractivity contribution in [3.05, 3.63) is 46.0 Å². The summed E-state index contributed by atoms with van der Waals surface area (Å²) in [7, 11) is 0. The smallest absolute Gasteiger partial charge is 0.0583 e. The van der Waals surface area contributed by atoms with E-state index in [0.29, 0.717) is 23.2 Å². The zero-order valence-corrected chi connectivity index (χ0v) is 19.6. The van der Waals surface area contributed by atoms with Crippen LogP contribution in [0.1, 0.15) is 94.0 Å². The fraction of sp³-hybridized carbons (Fsp3) is 0.714. The first kappa shape index (κ1) is 21.2. The van der Waals surface area contributed by atoms with Gasteiger partial charge in [0.05, 0.1) is 6.10 Å². The van der Waals surface area contributed by atoms with Crippen molar-refractivity contribution in [3.8, 4) is 0 Å². The normalized spacial score (nSPS) is 33.4. The number of hydrogen-bond acceptors (Lipinski definition) is 1. The highest BCUT2D eigenvalue weighted by Crippen LogP contribution is 2.61. The zero-order chi connectivity index (χ0) is 20.9. The SMILES string of the molecule is Cc1c2c(cc3c1CC[C@]1(C)[C@@H]3CC[C@@H]1[C@@H](C)/C=C/[C@@H](C)C(C)C)C[C@H](O)CC2. The van der Waals surface area contributed by atoms with Crippen LogP contribution < -0.4 is 0 Å². The van der Waals surface area contributed by atoms with Crippen LogP contribution in [0.5, 0.6) is 0 Å². The molecule has 0 unspecified atom stereocenters. The number of allylic oxidation sites excluding steroid dienone is 2. The molecule has 1 heteroatoms. The van der Waals surface area contributed by atoms with E-state index in [-0.39, 0.29) is 6.10 Å². The van der Waals surface area contributed by atoms with E-state index in [4.69, 9.17) is 0 Å². The topological polar surface area (TPSA) is 20.2 Å². The third kappa shape index (κ3) is 3.62. The molecule has 3 aliphatic rings. The number of fused-ring (bicyclic) bond motifs is 4. The lowest BCUT2D eigenvalue weighted by molar-refractivity contribution is 0.141. The Hall–Kier alpha value is -1.08. The Labute approximate surface area is 179 Å². The fourth-order valence-corrected chi connectivity index (χ4v) is 6.94. The lowest BCUT2D eigenvalue weighted by Crippen LogP contribution is -2.35. The summed E-state index contributed by atoms with van der Waals surface area (Å²) in [6.07, 6.45) is 13.0. The predicted octanol–water partition coefficient (Wildman–Crippen LogP) is 6.78. The van der Waals surface area contributed by atoms with Crippen LogP contribution in [-0.4, -0.2) is 11.2 Å². The lowest BCUT2D eigenvalue weighted by Gasteiger charge is -2.45. The lowest BCUT2D eigenvalue weighted by atomic mass is 9.60. The van der Waals surface area contributed by atoms with Crippen molar-refractivity contribution in [3.63, 3.8) is 0 Å². The molecule has 0 aromatic heterocycles. The standard InChI is InChI=1S/C28H42O/c1-17(2)18(3)7-8-19(4)26-11-12-27-25-16-21-15-22(29)9-10-23(21)20(5)24(25)13-14-28(26,27)6/h7-8,16-19,22,26-27,29H,9-15H2,1-6H3/b8-7+/t18-,19+,22-,26-,27-,28+/m1/s1. The Bertz CT molecular complexity index is 788. The zero-order valence-electron chi connectivity index (χ0n) is 19.6. The van der Waals surface area contributed by atoms with Gasteiger partial charge in [0.15, 0.2) is 0 Å². The van der Waals surface area contributed by atoms with E-state index >= 15 is 0 Å². The van der Waals surface area contributed by atoms with Gasteiger partial charge in [-0.15, -0.1) is 0 Å². The minimum Gasteiger partial charge on any atom is -0.393 e. The molecule has 1 aromatic rings. The molecule has 0 spiro atoms. The quantitative estimate of drug-likeness (QED) is 0.558. The van der Waals surface area contributed by atoms with Gasteiger partial charge in [-0.2, -0.15) is 0 Å². The summed E-state index contributed by atoms with van der Waals surface area (Å²) in [4.78, 5) is 0. The van der Waals surface area contributed by atoms with Gasteiger partial charge in [0, 0.05) is 0 Å². The Morgan fingerprint density at radius 3 is 2.52 bits per heavy atom. The number of rotatable bonds is 4. The molecule has 3 aliphatic carbocycles. The van der Waals surface area contributed by atoms with Gasteiger partial charge >= 0.3 is 0 Å². The highest BCUT2D eigenvalue weighted by Gasteiger charge is 2.51. The maximum absolute atomic E-state index is 10.2. The second-order valence-electron chi connectivity index (χ2n) is 11.2. The minimum atomic E-state index is -0.139. The first-order valence-electron chi connectivity index (χ1n) is 12.2. The molecule has 6 atom stereocenters. The van der Waals surface area contributed by atoms with Gasteiger partial charge in [-0.3, -0.25) is 0 Å². The van der Waals surface area contributed by atoms with Crippen LogP contribution in [0, 0.1) is 36.0 Å². The van der Waals surface area contributed by atoms with Gasteiger partial charge in [-0.1, -0.05) is 52.8 Å². The van der Waals surface area contributed by atoms with E-state index in [2.05, 4.69) is 59.8 Å². The average Bonchev–Trinajstić information content (AvgIpc) is 3.03. The summed E-state index contributed by atoms with van der Waals surface area (Å²) in [5.74, 6) is 3.54. The Kier molecular flexibility index (Phi) is 5.75. The van der Waals surface area contributed by atoms with Crippen LogP contribution in [-0.2, 0) is 19.3 Å². The average molecular weight is 395 g/mol. The molecule has 160 valence electrons. The Morgan fingerprint density at radius 1 is 1.03 bits per heavy atom. The van der Waals surface area contributed by atoms with Gasteiger partial charge < -0.3 is 5.11 Å². The van der Waals surface area contributed by atoms with Gasteiger partial charge in [0.25, 0.3) is 0 Å². The second-order valence-corrected chi connectivity index (χ2v) is 11.2. The van der Waals surface area contributed by atoms with E-state index in [9.17, 15) is 5.11 Å². The fourth-order valence-electron chi connectivity index (χ4n) is 6.94. The number of aliphatic hydroxyl groups excluding tert-OH is 1. The maximum Gasteiger partial charge on any atom is 0.0583 e. The third-order valence-electron chi connectivity index (χ3n) is 9.26. The van der Waals surface area contributed by atoms with Crippen molar-refractivity contribution >= 4 is 0 Å². The molecule has 0 saturated heterocycles. The van der Waals surface area contributed by atoms with Crippen LogP contribution in [0.4, 0.5) is 0 Å². The van der Waals surface area contributed by atoms with E-state index in [1.54, 1.807) is 22.3 Å². The molecule has 4 rings (SSSR count). The Balaban J connectivity index is 1.63. The van der Waals surface area contributed by atoms with Crippen LogP contribution in [0.2, 0.25) is 0 Å². The molecule has 0 heterocycles. The predicted molar refractivity (Wildman–Crippen MR) is 123 cm³/mol. The van der Waals surface area contributed by atoms with Gasteiger partial charge in [0.1, 0.15) is 0 Å². The van der Waals surface area contributed by atoms with Gasteiger partial charge in [-0.05, 0) is 115 Å². The molecule has 0 amide bonds. The number of hydrogen-bond donors (Lipinski definition) is 1. The van der Waals surface area contributed by atoms with Crippen molar-refractivity contribution in [1.82, 2.24) is 0 Å². The van der Waals surface area contributed by atoms with Crippen LogP contribution in [0.15, 0.2) is 18.2 Å². The maximum atomic E-state index is 10.2. The van der Waals surface area contributed by atoms with E-state index < -0.39 is 0 Å². The summed E-state index contributed by atoms with van der Waals surface area (Å²) >= 11 is 0. The summed E-state index contributed by atoms with van der Waals surface area (Å²) < 4.78 is 0. The van der Waals surface area contributed by atoms with Crippen molar-refractivity contribution in [1.29, 1.82) is 0 Å². The van der Waals surface area contributed by atoms with Crippen molar-refractivity contribution < 1.29 is 5.11 Å². The summed E-state index contributed by atoms with van der Waals surface area (Å²) in [5.41, 5.74) is 8.32. The number of aliphatic hydroxyl groups is 1. The molecule has 1 fully saturated rings. The van der Waals surface area contributed by atoms with Crippen LogP contribution in [0.25, 0.3) is 0 Å². The van der Waals surface area contributed by atoms with E-state index in [0.717, 1.165) is 31.1 Å². The highest BCUT2D eigenvalue weighted by atomic mass is 16.3. The second kappa shape index (κ2) is 7.88. The monoisotopic (exact) mass is 394 g/mol. The van der Waals surface area contributed by atoms with Crippen molar-refractivity contribution in [2.24, 2.45) is 29.1 Å². The first-order valence-corrected chi connectivity index (χ1v) is 12.2. The van der Waals surface area contributed by atoms with E-state index in [1.165, 1.54) is 31.2 Å². The first-order chi connectivity index (χ1) is 13.7. The molecule has 1 saturated carbocycles. The molecule has 0 bridgehead atoms. The summed E-state index contributed by atoms with van der Waals surface area (Å²) in [5, 5.41) is 10.2. The molecule has 0 aliphatic heterocycles. The van der Waals surface area contributed by atoms with E-state index in [1.807, 2.05) is 0 Å². The molecule has 1 N–H and O–H groups in total. The molecule has 1 nitrogen and oxygen atoms in total. The van der Waals surface area contributed by atoms with Gasteiger partial charge in [0.2, 0.25) is 0 Å². The molecular weight excluding hydrogens is 352 g/mol. The van der Waals surface area contributed by atoms with Crippen molar-refractivity contribution in [2.45, 2.75) is 98.5 Å². The molecule has 0 radical (unpaired) electrons. The molecule has 1 aromatic carbocycles. The van der Waals surface area contributed by atoms with Crippen LogP contribution in [0.3, 0.4) is 0 Å². The minimum absolute atomic E-state index is 0.139. The summed E-state index contributed by atoms with van der Waals surface area (Å²) in [6.45, 7) is 14.4. The van der Waals surface area contributed by atoms with Crippen LogP contribution >= 0.6 is 0 Å². The summed E-state index contributed by atoms with van der Waals surface area (Å²) in [6, 6.07) is 2.53. The van der Waals surface area contributed by atoms with Gasteiger partial charge in [-0.25, -0.2) is 0 Å². The number of benzene rings is 1. The largest absolute Gasteiger partial charge is 0.393 e. The third-order valence-corrected chi connectivity index (χ3v) is 9.26. The Morgan fingerprint density at radius 2 is 1.79 bits per heavy atom. The molecule has 29 heavy (non-hydrogen) atoms. The highest BCUT2D eigenvalue weighted by molar-refractivity contribution is 5.50.